The van der Waals surface area contributed by atoms with E-state index in [1.54, 1.807) is 7.11 Å². The highest BCUT2D eigenvalue weighted by molar-refractivity contribution is 5.36. The molecule has 0 aliphatic heterocycles. The smallest absolute Gasteiger partial charge is 0.251 e. The third-order valence-corrected chi connectivity index (χ3v) is 2.75. The Balaban J connectivity index is 1.94. The van der Waals surface area contributed by atoms with Gasteiger partial charge in [-0.25, -0.2) is 8.78 Å². The maximum Gasteiger partial charge on any atom is 0.251 e. The van der Waals surface area contributed by atoms with Gasteiger partial charge in [0.1, 0.15) is 5.75 Å². The highest BCUT2D eigenvalue weighted by Crippen LogP contribution is 2.15. The summed E-state index contributed by atoms with van der Waals surface area (Å²) in [7, 11) is 1.58. The molecule has 0 fully saturated rings. The number of hydrogen-bond acceptors (Lipinski definition) is 3. The van der Waals surface area contributed by atoms with Gasteiger partial charge in [-0.3, -0.25) is 0 Å². The quantitative estimate of drug-likeness (QED) is 0.855. The van der Waals surface area contributed by atoms with Crippen LogP contribution in [0.4, 0.5) is 19.0 Å². The highest BCUT2D eigenvalue weighted by atomic mass is 19.2. The second-order valence-corrected chi connectivity index (χ2v) is 4.12. The van der Waals surface area contributed by atoms with Crippen molar-refractivity contribution in [1.29, 1.82) is 0 Å². The molecule has 0 saturated carbocycles. The molecule has 1 heterocycles. The van der Waals surface area contributed by atoms with Crippen LogP contribution in [0.3, 0.4) is 0 Å². The summed E-state index contributed by atoms with van der Waals surface area (Å²) in [5.41, 5.74) is 1.00. The lowest BCUT2D eigenvalue weighted by atomic mass is 10.1. The molecule has 6 heteroatoms. The summed E-state index contributed by atoms with van der Waals surface area (Å²) in [5, 5.41) is 2.63. The van der Waals surface area contributed by atoms with E-state index in [0.717, 1.165) is 11.3 Å². The van der Waals surface area contributed by atoms with E-state index in [1.807, 2.05) is 24.3 Å². The molecule has 2 aromatic rings. The molecule has 0 bridgehead atoms. The van der Waals surface area contributed by atoms with E-state index in [4.69, 9.17) is 4.74 Å². The van der Waals surface area contributed by atoms with Crippen molar-refractivity contribution in [2.75, 3.05) is 19.0 Å². The van der Waals surface area contributed by atoms with Gasteiger partial charge < -0.3 is 10.1 Å². The summed E-state index contributed by atoms with van der Waals surface area (Å²) < 4.78 is 43.9. The number of methoxy groups -OCH3 is 1. The maximum atomic E-state index is 13.3. The van der Waals surface area contributed by atoms with E-state index < -0.39 is 17.6 Å². The number of nitrogens with zero attached hydrogens (tertiary/aromatic N) is 1. The molecule has 0 saturated heterocycles. The van der Waals surface area contributed by atoms with Crippen molar-refractivity contribution in [3.8, 4) is 5.75 Å². The third-order valence-electron chi connectivity index (χ3n) is 2.75. The van der Waals surface area contributed by atoms with Crippen LogP contribution < -0.4 is 10.1 Å². The van der Waals surface area contributed by atoms with Crippen molar-refractivity contribution in [2.24, 2.45) is 0 Å². The van der Waals surface area contributed by atoms with Gasteiger partial charge in [0.2, 0.25) is 0 Å². The zero-order chi connectivity index (χ0) is 14.5. The first-order valence-electron chi connectivity index (χ1n) is 5.98. The van der Waals surface area contributed by atoms with Crippen molar-refractivity contribution in [2.45, 2.75) is 6.42 Å². The fourth-order valence-electron chi connectivity index (χ4n) is 1.69. The number of ether oxygens (including phenoxy) is 1. The Morgan fingerprint density at radius 2 is 1.80 bits per heavy atom. The molecule has 1 aromatic carbocycles. The topological polar surface area (TPSA) is 34.1 Å². The molecule has 0 aliphatic carbocycles. The maximum absolute atomic E-state index is 13.3. The Morgan fingerprint density at radius 1 is 1.10 bits per heavy atom. The predicted octanol–water partition coefficient (Wildman–Crippen LogP) is 3.16. The Hall–Kier alpha value is -2.24. The number of benzene rings is 1. The van der Waals surface area contributed by atoms with E-state index in [0.29, 0.717) is 19.0 Å². The number of aromatic nitrogens is 1. The first kappa shape index (κ1) is 14.2. The highest BCUT2D eigenvalue weighted by Gasteiger charge is 2.10. The molecule has 0 aliphatic rings. The number of nitrogens with one attached hydrogen (secondary N) is 1. The minimum absolute atomic E-state index is 0.294. The Morgan fingerprint density at radius 3 is 2.45 bits per heavy atom. The zero-order valence-electron chi connectivity index (χ0n) is 10.8. The van der Waals surface area contributed by atoms with Crippen LogP contribution in [0, 0.1) is 17.6 Å². The Labute approximate surface area is 114 Å². The van der Waals surface area contributed by atoms with E-state index >= 15 is 0 Å². The lowest BCUT2D eigenvalue weighted by Gasteiger charge is -2.07. The van der Waals surface area contributed by atoms with Crippen LogP contribution in [0.5, 0.6) is 5.75 Å². The number of anilines is 1. The minimum atomic E-state index is -1.32. The van der Waals surface area contributed by atoms with Gasteiger partial charge in [0, 0.05) is 12.6 Å². The molecule has 0 amide bonds. The monoisotopic (exact) mass is 282 g/mol. The molecule has 20 heavy (non-hydrogen) atoms. The van der Waals surface area contributed by atoms with Gasteiger partial charge >= 0.3 is 0 Å². The van der Waals surface area contributed by atoms with Gasteiger partial charge in [-0.15, -0.1) is 0 Å². The summed E-state index contributed by atoms with van der Waals surface area (Å²) in [4.78, 5) is 3.18. The van der Waals surface area contributed by atoms with E-state index in [2.05, 4.69) is 10.3 Å². The molecule has 106 valence electrons. The number of halogens is 3. The van der Waals surface area contributed by atoms with Crippen molar-refractivity contribution in [3.63, 3.8) is 0 Å². The first-order valence-corrected chi connectivity index (χ1v) is 5.98. The van der Waals surface area contributed by atoms with Crippen LogP contribution in [0.25, 0.3) is 0 Å². The summed E-state index contributed by atoms with van der Waals surface area (Å²) in [6.07, 6.45) is 0.587. The van der Waals surface area contributed by atoms with Crippen molar-refractivity contribution in [3.05, 3.63) is 53.5 Å². The number of pyridine rings is 1. The average Bonchev–Trinajstić information content (AvgIpc) is 2.45. The molecular weight excluding hydrogens is 269 g/mol. The average molecular weight is 282 g/mol. The largest absolute Gasteiger partial charge is 0.497 e. The van der Waals surface area contributed by atoms with Gasteiger partial charge in [0.25, 0.3) is 5.95 Å². The molecule has 1 N–H and O–H groups in total. The summed E-state index contributed by atoms with van der Waals surface area (Å²) in [6, 6.07) is 7.83. The van der Waals surface area contributed by atoms with Crippen LogP contribution in [0.15, 0.2) is 30.3 Å². The van der Waals surface area contributed by atoms with E-state index in [-0.39, 0.29) is 5.82 Å². The number of rotatable bonds is 5. The normalized spacial score (nSPS) is 10.4. The summed E-state index contributed by atoms with van der Waals surface area (Å²) in [5.74, 6) is -3.09. The van der Waals surface area contributed by atoms with Gasteiger partial charge in [-0.1, -0.05) is 12.1 Å². The van der Waals surface area contributed by atoms with Crippen molar-refractivity contribution >= 4 is 5.82 Å². The molecule has 0 unspecified atom stereocenters. The molecule has 2 rings (SSSR count). The molecule has 0 radical (unpaired) electrons. The van der Waals surface area contributed by atoms with Gasteiger partial charge in [-0.2, -0.15) is 9.37 Å². The van der Waals surface area contributed by atoms with Gasteiger partial charge in [0.05, 0.1) is 7.11 Å². The van der Waals surface area contributed by atoms with Crippen LogP contribution in [-0.4, -0.2) is 18.6 Å². The fourth-order valence-corrected chi connectivity index (χ4v) is 1.69. The van der Waals surface area contributed by atoms with E-state index in [9.17, 15) is 13.2 Å². The summed E-state index contributed by atoms with van der Waals surface area (Å²) in [6.45, 7) is 0.349. The number of hydrogen-bond donors (Lipinski definition) is 1. The van der Waals surface area contributed by atoms with Crippen molar-refractivity contribution < 1.29 is 17.9 Å². The Kier molecular flexibility index (Phi) is 4.45. The third kappa shape index (κ3) is 3.40. The minimum Gasteiger partial charge on any atom is -0.497 e. The lowest BCUT2D eigenvalue weighted by molar-refractivity contribution is 0.414. The van der Waals surface area contributed by atoms with Crippen LogP contribution in [0.1, 0.15) is 5.56 Å². The van der Waals surface area contributed by atoms with E-state index in [1.165, 1.54) is 0 Å². The first-order chi connectivity index (χ1) is 9.60. The SMILES string of the molecule is COc1ccc(CCNc2nc(F)c(F)cc2F)cc1. The molecule has 1 aromatic heterocycles. The summed E-state index contributed by atoms with van der Waals surface area (Å²) >= 11 is 0. The second kappa shape index (κ2) is 6.27. The molecule has 0 atom stereocenters. The van der Waals surface area contributed by atoms with Crippen LogP contribution in [-0.2, 0) is 6.42 Å². The van der Waals surface area contributed by atoms with Crippen LogP contribution in [0.2, 0.25) is 0 Å². The predicted molar refractivity (Wildman–Crippen MR) is 69.3 cm³/mol. The molecule has 3 nitrogen and oxygen atoms in total. The van der Waals surface area contributed by atoms with Crippen LogP contribution >= 0.6 is 0 Å². The zero-order valence-corrected chi connectivity index (χ0v) is 10.8. The lowest BCUT2D eigenvalue weighted by Crippen LogP contribution is -2.09. The van der Waals surface area contributed by atoms with Crippen molar-refractivity contribution in [1.82, 2.24) is 4.98 Å². The fraction of sp³-hybridized carbons (Fsp3) is 0.214. The van der Waals surface area contributed by atoms with Gasteiger partial charge in [0.15, 0.2) is 17.5 Å². The standard InChI is InChI=1S/C14H13F3N2O/c1-20-10-4-2-9(3-5-10)6-7-18-14-12(16)8-11(15)13(17)19-14/h2-5,8H,6-7H2,1H3,(H,18,19). The second-order valence-electron chi connectivity index (χ2n) is 4.12. The Bertz CT molecular complexity index is 588. The van der Waals surface area contributed by atoms with Gasteiger partial charge in [-0.05, 0) is 24.1 Å². The molecular formula is C14H13F3N2O. The molecule has 0 spiro atoms.